The molecule has 30 heavy (non-hydrogen) atoms. The molecule has 0 aromatic heterocycles. The van der Waals surface area contributed by atoms with E-state index < -0.39 is 30.1 Å². The van der Waals surface area contributed by atoms with Crippen LogP contribution in [0.4, 0.5) is 4.79 Å². The molecular weight excluding hydrogens is 384 g/mol. The number of carboxylic acid groups (broad SMARTS) is 1. The van der Waals surface area contributed by atoms with Crippen LogP contribution in [0, 0.1) is 5.92 Å². The minimum atomic E-state index is -1.39. The number of amides is 2. The first kappa shape index (κ1) is 22.9. The van der Waals surface area contributed by atoms with Crippen molar-refractivity contribution in [1.29, 1.82) is 0 Å². The lowest BCUT2D eigenvalue weighted by Crippen LogP contribution is -2.56. The van der Waals surface area contributed by atoms with Crippen molar-refractivity contribution in [3.05, 3.63) is 71.8 Å². The van der Waals surface area contributed by atoms with Crippen molar-refractivity contribution < 1.29 is 24.2 Å². The molecule has 7 heteroatoms. The van der Waals surface area contributed by atoms with E-state index in [4.69, 9.17) is 4.74 Å². The van der Waals surface area contributed by atoms with Gasteiger partial charge >= 0.3 is 6.09 Å². The molecule has 0 unspecified atom stereocenters. The second-order valence-corrected chi connectivity index (χ2v) is 7.14. The van der Waals surface area contributed by atoms with Gasteiger partial charge in [0.1, 0.15) is 12.6 Å². The van der Waals surface area contributed by atoms with Crippen molar-refractivity contribution in [3.63, 3.8) is 0 Å². The highest BCUT2D eigenvalue weighted by molar-refractivity contribution is 5.89. The van der Waals surface area contributed by atoms with Gasteiger partial charge in [-0.3, -0.25) is 4.79 Å². The molecule has 2 rings (SSSR count). The Bertz CT molecular complexity index is 826. The van der Waals surface area contributed by atoms with Gasteiger partial charge < -0.3 is 25.3 Å². The van der Waals surface area contributed by atoms with Crippen molar-refractivity contribution in [2.75, 3.05) is 0 Å². The number of benzene rings is 2. The predicted molar refractivity (Wildman–Crippen MR) is 110 cm³/mol. The highest BCUT2D eigenvalue weighted by Crippen LogP contribution is 2.10. The maximum atomic E-state index is 12.8. The van der Waals surface area contributed by atoms with E-state index in [0.29, 0.717) is 6.42 Å². The minimum Gasteiger partial charge on any atom is -0.548 e. The fourth-order valence-electron chi connectivity index (χ4n) is 2.90. The summed E-state index contributed by atoms with van der Waals surface area (Å²) in [6.45, 7) is 3.74. The van der Waals surface area contributed by atoms with Gasteiger partial charge in [0.2, 0.25) is 5.91 Å². The molecule has 0 saturated heterocycles. The third-order valence-corrected chi connectivity index (χ3v) is 4.87. The largest absolute Gasteiger partial charge is 0.548 e. The van der Waals surface area contributed by atoms with E-state index in [0.717, 1.165) is 11.1 Å². The minimum absolute atomic E-state index is 0.0667. The van der Waals surface area contributed by atoms with Gasteiger partial charge in [0.05, 0.1) is 12.0 Å². The summed E-state index contributed by atoms with van der Waals surface area (Å²) < 4.78 is 5.19. The quantitative estimate of drug-likeness (QED) is 0.620. The van der Waals surface area contributed by atoms with Crippen LogP contribution in [0.5, 0.6) is 0 Å². The zero-order chi connectivity index (χ0) is 21.9. The summed E-state index contributed by atoms with van der Waals surface area (Å²) in [4.78, 5) is 36.6. The average molecular weight is 411 g/mol. The molecule has 0 aliphatic heterocycles. The number of nitrogens with one attached hydrogen (secondary N) is 2. The molecule has 2 aromatic carbocycles. The number of carbonyl (C=O) groups is 3. The third-order valence-electron chi connectivity index (χ3n) is 4.87. The first-order chi connectivity index (χ1) is 14.4. The summed E-state index contributed by atoms with van der Waals surface area (Å²) in [5, 5.41) is 16.6. The SMILES string of the molecule is CC[C@H](C)[C@H](NC(=O)OCc1ccccc1)C(=O)N[C@@H](Cc1ccccc1)C(=O)[O-]. The average Bonchev–Trinajstić information content (AvgIpc) is 2.76. The summed E-state index contributed by atoms with van der Waals surface area (Å²) in [7, 11) is 0. The normalized spacial score (nSPS) is 13.5. The second kappa shape index (κ2) is 11.6. The Morgan fingerprint density at radius 1 is 0.933 bits per heavy atom. The van der Waals surface area contributed by atoms with E-state index in [1.165, 1.54) is 0 Å². The molecule has 0 spiro atoms. The van der Waals surface area contributed by atoms with Gasteiger partial charge in [-0.1, -0.05) is 80.9 Å². The van der Waals surface area contributed by atoms with Gasteiger partial charge in [0.15, 0.2) is 0 Å². The monoisotopic (exact) mass is 411 g/mol. The van der Waals surface area contributed by atoms with Crippen LogP contribution in [-0.2, 0) is 27.4 Å². The smallest absolute Gasteiger partial charge is 0.408 e. The Labute approximate surface area is 176 Å². The molecule has 0 heterocycles. The first-order valence-electron chi connectivity index (χ1n) is 9.93. The number of alkyl carbamates (subject to hydrolysis) is 1. The molecule has 0 saturated carbocycles. The number of hydrogen-bond donors (Lipinski definition) is 2. The van der Waals surface area contributed by atoms with Gasteiger partial charge in [-0.2, -0.15) is 0 Å². The molecule has 2 amide bonds. The molecular formula is C23H27N2O5-. The van der Waals surface area contributed by atoms with Gasteiger partial charge in [0, 0.05) is 0 Å². The number of carbonyl (C=O) groups excluding carboxylic acids is 3. The zero-order valence-corrected chi connectivity index (χ0v) is 17.2. The van der Waals surface area contributed by atoms with Crippen LogP contribution in [0.3, 0.4) is 0 Å². The summed E-state index contributed by atoms with van der Waals surface area (Å²) in [6.07, 6.45) is -0.0564. The van der Waals surface area contributed by atoms with Crippen LogP contribution in [0.1, 0.15) is 31.4 Å². The van der Waals surface area contributed by atoms with Crippen LogP contribution in [0.15, 0.2) is 60.7 Å². The third kappa shape index (κ3) is 7.24. The Hall–Kier alpha value is -3.35. The molecule has 160 valence electrons. The number of ether oxygens (including phenoxy) is 1. The first-order valence-corrected chi connectivity index (χ1v) is 9.93. The summed E-state index contributed by atoms with van der Waals surface area (Å²) in [6, 6.07) is 15.9. The standard InChI is InChI=1S/C23H28N2O5/c1-3-16(2)20(25-23(29)30-15-18-12-8-5-9-13-18)21(26)24-19(22(27)28)14-17-10-6-4-7-11-17/h4-13,16,19-20H,3,14-15H2,1-2H3,(H,24,26)(H,25,29)(H,27,28)/p-1/t16-,19-,20-/m0/s1. The Kier molecular flexibility index (Phi) is 8.87. The van der Waals surface area contributed by atoms with E-state index in [-0.39, 0.29) is 18.9 Å². The summed E-state index contributed by atoms with van der Waals surface area (Å²) in [5.41, 5.74) is 1.57. The lowest BCUT2D eigenvalue weighted by atomic mass is 9.97. The summed E-state index contributed by atoms with van der Waals surface area (Å²) >= 11 is 0. The van der Waals surface area contributed by atoms with Crippen LogP contribution in [0.25, 0.3) is 0 Å². The maximum Gasteiger partial charge on any atom is 0.408 e. The second-order valence-electron chi connectivity index (χ2n) is 7.14. The Balaban J connectivity index is 2.00. The summed E-state index contributed by atoms with van der Waals surface area (Å²) in [5.74, 6) is -2.21. The highest BCUT2D eigenvalue weighted by Gasteiger charge is 2.28. The topological polar surface area (TPSA) is 108 Å². The van der Waals surface area contributed by atoms with Crippen LogP contribution < -0.4 is 15.7 Å². The van der Waals surface area contributed by atoms with Gasteiger partial charge in [0.25, 0.3) is 0 Å². The number of carboxylic acids is 1. The fraction of sp³-hybridized carbons (Fsp3) is 0.348. The van der Waals surface area contributed by atoms with Crippen molar-refractivity contribution >= 4 is 18.0 Å². The van der Waals surface area contributed by atoms with Crippen molar-refractivity contribution in [2.45, 2.75) is 45.4 Å². The van der Waals surface area contributed by atoms with Gasteiger partial charge in [-0.15, -0.1) is 0 Å². The molecule has 0 aliphatic rings. The zero-order valence-electron chi connectivity index (χ0n) is 17.2. The van der Waals surface area contributed by atoms with Crippen molar-refractivity contribution in [3.8, 4) is 0 Å². The molecule has 0 fully saturated rings. The van der Waals surface area contributed by atoms with Crippen LogP contribution in [-0.4, -0.2) is 30.1 Å². The van der Waals surface area contributed by atoms with E-state index in [9.17, 15) is 19.5 Å². The molecule has 3 atom stereocenters. The molecule has 7 nitrogen and oxygen atoms in total. The molecule has 0 bridgehead atoms. The molecule has 2 N–H and O–H groups in total. The van der Waals surface area contributed by atoms with E-state index in [2.05, 4.69) is 10.6 Å². The van der Waals surface area contributed by atoms with E-state index in [1.54, 1.807) is 31.2 Å². The number of aliphatic carboxylic acids is 1. The van der Waals surface area contributed by atoms with Gasteiger partial charge in [-0.25, -0.2) is 4.79 Å². The van der Waals surface area contributed by atoms with Gasteiger partial charge in [-0.05, 0) is 23.5 Å². The Morgan fingerprint density at radius 3 is 2.03 bits per heavy atom. The van der Waals surface area contributed by atoms with E-state index in [1.807, 2.05) is 43.3 Å². The number of hydrogen-bond acceptors (Lipinski definition) is 5. The van der Waals surface area contributed by atoms with Crippen LogP contribution in [0.2, 0.25) is 0 Å². The lowest BCUT2D eigenvalue weighted by Gasteiger charge is -2.27. The Morgan fingerprint density at radius 2 is 1.50 bits per heavy atom. The van der Waals surface area contributed by atoms with Crippen molar-refractivity contribution in [2.24, 2.45) is 5.92 Å². The molecule has 0 aliphatic carbocycles. The number of rotatable bonds is 10. The van der Waals surface area contributed by atoms with E-state index >= 15 is 0 Å². The molecule has 0 radical (unpaired) electrons. The maximum absolute atomic E-state index is 12.8. The molecule has 2 aromatic rings. The van der Waals surface area contributed by atoms with Crippen molar-refractivity contribution in [1.82, 2.24) is 10.6 Å². The predicted octanol–water partition coefficient (Wildman–Crippen LogP) is 1.80. The van der Waals surface area contributed by atoms with Crippen LogP contribution >= 0.6 is 0 Å². The lowest BCUT2D eigenvalue weighted by molar-refractivity contribution is -0.308. The highest BCUT2D eigenvalue weighted by atomic mass is 16.5. The fourth-order valence-corrected chi connectivity index (χ4v) is 2.90.